The molecule has 20 heavy (non-hydrogen) atoms. The van der Waals surface area contributed by atoms with Crippen molar-refractivity contribution in [2.45, 2.75) is 19.4 Å². The second kappa shape index (κ2) is 5.68. The molecule has 2 aromatic carbocycles. The minimum Gasteiger partial charge on any atom is -0.366 e. The summed E-state index contributed by atoms with van der Waals surface area (Å²) in [5, 5.41) is 9.39. The van der Waals surface area contributed by atoms with Crippen LogP contribution in [0, 0.1) is 11.3 Å². The van der Waals surface area contributed by atoms with Crippen LogP contribution < -0.4 is 4.90 Å². The van der Waals surface area contributed by atoms with E-state index in [1.165, 1.54) is 11.1 Å². The van der Waals surface area contributed by atoms with E-state index in [-0.39, 0.29) is 0 Å². The number of hydrogen-bond acceptors (Lipinski definition) is 2. The summed E-state index contributed by atoms with van der Waals surface area (Å²) in [6.45, 7) is 1.86. The van der Waals surface area contributed by atoms with Gasteiger partial charge in [0.05, 0.1) is 11.3 Å². The Kier molecular flexibility index (Phi) is 3.75. The van der Waals surface area contributed by atoms with E-state index in [1.54, 1.807) is 0 Å². The van der Waals surface area contributed by atoms with Crippen molar-refractivity contribution >= 4 is 21.6 Å². The van der Waals surface area contributed by atoms with E-state index in [0.717, 1.165) is 41.7 Å². The van der Waals surface area contributed by atoms with Crippen molar-refractivity contribution in [3.63, 3.8) is 0 Å². The molecule has 0 N–H and O–H groups in total. The van der Waals surface area contributed by atoms with Crippen molar-refractivity contribution in [1.82, 2.24) is 0 Å². The molecule has 3 rings (SSSR count). The molecule has 1 heterocycles. The summed E-state index contributed by atoms with van der Waals surface area (Å²) in [6.07, 6.45) is 2.23. The zero-order valence-electron chi connectivity index (χ0n) is 11.1. The predicted molar refractivity (Wildman–Crippen MR) is 84.7 cm³/mol. The van der Waals surface area contributed by atoms with Crippen LogP contribution in [0.1, 0.15) is 23.1 Å². The molecule has 0 radical (unpaired) electrons. The highest BCUT2D eigenvalue weighted by molar-refractivity contribution is 9.10. The first kappa shape index (κ1) is 13.2. The van der Waals surface area contributed by atoms with Crippen LogP contribution in [-0.4, -0.2) is 6.54 Å². The number of rotatable bonds is 1. The monoisotopic (exact) mass is 326 g/mol. The number of nitrogens with zero attached hydrogens (tertiary/aromatic N) is 2. The molecule has 0 atom stereocenters. The topological polar surface area (TPSA) is 27.0 Å². The van der Waals surface area contributed by atoms with Crippen LogP contribution >= 0.6 is 15.9 Å². The van der Waals surface area contributed by atoms with Crippen molar-refractivity contribution in [2.75, 3.05) is 11.4 Å². The van der Waals surface area contributed by atoms with Crippen molar-refractivity contribution in [2.24, 2.45) is 0 Å². The molecule has 3 heteroatoms. The van der Waals surface area contributed by atoms with Gasteiger partial charge in [0.25, 0.3) is 0 Å². The summed E-state index contributed by atoms with van der Waals surface area (Å²) in [5.41, 5.74) is 4.56. The fraction of sp³-hybridized carbons (Fsp3) is 0.235. The molecule has 2 nitrogen and oxygen atoms in total. The van der Waals surface area contributed by atoms with E-state index in [4.69, 9.17) is 0 Å². The van der Waals surface area contributed by atoms with Gasteiger partial charge in [-0.05, 0) is 52.0 Å². The zero-order valence-corrected chi connectivity index (χ0v) is 12.7. The third-order valence-electron chi connectivity index (χ3n) is 3.80. The van der Waals surface area contributed by atoms with Gasteiger partial charge < -0.3 is 4.90 Å². The molecule has 1 aliphatic heterocycles. The highest BCUT2D eigenvalue weighted by Crippen LogP contribution is 2.30. The lowest BCUT2D eigenvalue weighted by molar-refractivity contribution is 0.765. The molecular formula is C17H15BrN2. The average molecular weight is 327 g/mol. The van der Waals surface area contributed by atoms with Gasteiger partial charge in [-0.3, -0.25) is 0 Å². The van der Waals surface area contributed by atoms with Gasteiger partial charge in [0.15, 0.2) is 0 Å². The highest BCUT2D eigenvalue weighted by atomic mass is 79.9. The Morgan fingerprint density at radius 2 is 1.85 bits per heavy atom. The van der Waals surface area contributed by atoms with Crippen LogP contribution in [0.2, 0.25) is 0 Å². The Morgan fingerprint density at radius 1 is 1.05 bits per heavy atom. The van der Waals surface area contributed by atoms with Crippen molar-refractivity contribution < 1.29 is 0 Å². The summed E-state index contributed by atoms with van der Waals surface area (Å²) < 4.78 is 0.870. The molecule has 0 amide bonds. The van der Waals surface area contributed by atoms with E-state index in [0.29, 0.717) is 0 Å². The fourth-order valence-electron chi connectivity index (χ4n) is 2.79. The molecule has 0 saturated carbocycles. The Hall–Kier alpha value is -1.79. The molecule has 0 fully saturated rings. The van der Waals surface area contributed by atoms with Crippen LogP contribution in [0.25, 0.3) is 0 Å². The lowest BCUT2D eigenvalue weighted by Crippen LogP contribution is -2.23. The lowest BCUT2D eigenvalue weighted by atomic mass is 10.0. The quantitative estimate of drug-likeness (QED) is 0.782. The number of anilines is 1. The first-order valence-electron chi connectivity index (χ1n) is 6.80. The third-order valence-corrected chi connectivity index (χ3v) is 4.46. The summed E-state index contributed by atoms with van der Waals surface area (Å²) in [6, 6.07) is 16.9. The van der Waals surface area contributed by atoms with E-state index in [2.05, 4.69) is 51.2 Å². The summed E-state index contributed by atoms with van der Waals surface area (Å²) in [5.74, 6) is 0. The molecule has 0 spiro atoms. The standard InChI is InChI=1S/C17H15BrN2/c18-16-8-3-9-17(15(16)11-19)20-10-4-7-13-5-1-2-6-14(13)12-20/h1-3,5-6,8-9H,4,7,10,12H2. The summed E-state index contributed by atoms with van der Waals surface area (Å²) in [4.78, 5) is 2.31. The summed E-state index contributed by atoms with van der Waals surface area (Å²) in [7, 11) is 0. The Balaban J connectivity index is 2.00. The van der Waals surface area contributed by atoms with Gasteiger partial charge in [0, 0.05) is 17.6 Å². The van der Waals surface area contributed by atoms with Crippen LogP contribution in [0.5, 0.6) is 0 Å². The molecule has 100 valence electrons. The molecule has 0 bridgehead atoms. The van der Waals surface area contributed by atoms with Crippen molar-refractivity contribution in [3.05, 3.63) is 63.6 Å². The lowest BCUT2D eigenvalue weighted by Gasteiger charge is -2.24. The number of benzene rings is 2. The fourth-order valence-corrected chi connectivity index (χ4v) is 3.24. The maximum Gasteiger partial charge on any atom is 0.103 e. The van der Waals surface area contributed by atoms with Gasteiger partial charge in [0.2, 0.25) is 0 Å². The summed E-state index contributed by atoms with van der Waals surface area (Å²) >= 11 is 3.48. The minimum atomic E-state index is 0.729. The Labute approximate surface area is 127 Å². The zero-order chi connectivity index (χ0) is 13.9. The van der Waals surface area contributed by atoms with Gasteiger partial charge in [-0.2, -0.15) is 5.26 Å². The van der Waals surface area contributed by atoms with E-state index in [9.17, 15) is 5.26 Å². The first-order chi connectivity index (χ1) is 9.79. The van der Waals surface area contributed by atoms with Gasteiger partial charge in [-0.15, -0.1) is 0 Å². The number of hydrogen-bond donors (Lipinski definition) is 0. The second-order valence-corrected chi connectivity index (χ2v) is 5.89. The average Bonchev–Trinajstić information content (AvgIpc) is 2.69. The van der Waals surface area contributed by atoms with E-state index < -0.39 is 0 Å². The molecule has 0 unspecified atom stereocenters. The van der Waals surface area contributed by atoms with Crippen LogP contribution in [-0.2, 0) is 13.0 Å². The molecule has 2 aromatic rings. The van der Waals surface area contributed by atoms with Gasteiger partial charge in [-0.25, -0.2) is 0 Å². The van der Waals surface area contributed by atoms with Crippen molar-refractivity contribution in [3.8, 4) is 6.07 Å². The number of nitriles is 1. The Bertz CT molecular complexity index is 673. The molecule has 0 aromatic heterocycles. The SMILES string of the molecule is N#Cc1c(Br)cccc1N1CCCc2ccccc2C1. The van der Waals surface area contributed by atoms with Gasteiger partial charge >= 0.3 is 0 Å². The van der Waals surface area contributed by atoms with Crippen LogP contribution in [0.15, 0.2) is 46.9 Å². The number of aryl methyl sites for hydroxylation is 1. The second-order valence-electron chi connectivity index (χ2n) is 5.04. The molecule has 1 aliphatic rings. The van der Waals surface area contributed by atoms with Crippen LogP contribution in [0.4, 0.5) is 5.69 Å². The van der Waals surface area contributed by atoms with Crippen LogP contribution in [0.3, 0.4) is 0 Å². The third kappa shape index (κ3) is 2.44. The number of fused-ring (bicyclic) bond motifs is 1. The highest BCUT2D eigenvalue weighted by Gasteiger charge is 2.17. The Morgan fingerprint density at radius 3 is 2.65 bits per heavy atom. The van der Waals surface area contributed by atoms with E-state index in [1.807, 2.05) is 18.2 Å². The normalized spacial score (nSPS) is 14.3. The molecule has 0 saturated heterocycles. The molecular weight excluding hydrogens is 312 g/mol. The van der Waals surface area contributed by atoms with E-state index >= 15 is 0 Å². The largest absolute Gasteiger partial charge is 0.366 e. The van der Waals surface area contributed by atoms with Crippen molar-refractivity contribution in [1.29, 1.82) is 5.26 Å². The molecule has 0 aliphatic carbocycles. The predicted octanol–water partition coefficient (Wildman–Crippen LogP) is 4.27. The maximum absolute atomic E-state index is 9.39. The first-order valence-corrected chi connectivity index (χ1v) is 7.59. The number of halogens is 1. The maximum atomic E-state index is 9.39. The van der Waals surface area contributed by atoms with Gasteiger partial charge in [-0.1, -0.05) is 30.3 Å². The van der Waals surface area contributed by atoms with Gasteiger partial charge in [0.1, 0.15) is 6.07 Å². The smallest absolute Gasteiger partial charge is 0.103 e. The minimum absolute atomic E-state index is 0.729.